The van der Waals surface area contributed by atoms with Gasteiger partial charge in [0.2, 0.25) is 11.5 Å². The van der Waals surface area contributed by atoms with E-state index in [1.54, 1.807) is 28.4 Å². The van der Waals surface area contributed by atoms with Gasteiger partial charge in [-0.1, -0.05) is 48.5 Å². The molecule has 0 bridgehead atoms. The number of methoxy groups -OCH3 is 4. The van der Waals surface area contributed by atoms with Crippen LogP contribution >= 0.6 is 15.9 Å². The lowest BCUT2D eigenvalue weighted by Crippen LogP contribution is -2.11. The maximum atomic E-state index is 12.7. The van der Waals surface area contributed by atoms with Gasteiger partial charge in [0, 0.05) is 11.8 Å². The number of esters is 1. The van der Waals surface area contributed by atoms with Crippen LogP contribution in [0.1, 0.15) is 94.5 Å². The van der Waals surface area contributed by atoms with Crippen molar-refractivity contribution in [2.75, 3.05) is 40.4 Å². The SMILES string of the molecule is CCCCCCOc1cc([C@H]2CC[C@H](c3cc(OC)c(OC)c(OC)c3)O2)cc(OC(=O)CCCCCBr)c1OC. The van der Waals surface area contributed by atoms with Gasteiger partial charge in [-0.05, 0) is 67.5 Å². The minimum Gasteiger partial charge on any atom is -0.493 e. The Balaban J connectivity index is 1.85. The van der Waals surface area contributed by atoms with Crippen LogP contribution < -0.4 is 28.4 Å². The molecule has 0 amide bonds. The first-order valence-electron chi connectivity index (χ1n) is 14.6. The van der Waals surface area contributed by atoms with E-state index >= 15 is 0 Å². The first-order valence-corrected chi connectivity index (χ1v) is 15.7. The zero-order valence-electron chi connectivity index (χ0n) is 25.1. The highest BCUT2D eigenvalue weighted by atomic mass is 79.9. The third-order valence-electron chi connectivity index (χ3n) is 7.19. The second-order valence-corrected chi connectivity index (χ2v) is 10.9. The molecule has 9 heteroatoms. The van der Waals surface area contributed by atoms with Gasteiger partial charge < -0.3 is 33.2 Å². The van der Waals surface area contributed by atoms with Crippen LogP contribution in [0.4, 0.5) is 0 Å². The molecule has 0 N–H and O–H groups in total. The predicted molar refractivity (Wildman–Crippen MR) is 162 cm³/mol. The van der Waals surface area contributed by atoms with Crippen LogP contribution in [0.3, 0.4) is 0 Å². The van der Waals surface area contributed by atoms with Crippen LogP contribution in [0.25, 0.3) is 0 Å². The minimum atomic E-state index is -0.286. The van der Waals surface area contributed by atoms with Crippen LogP contribution in [-0.2, 0) is 9.53 Å². The number of ether oxygens (including phenoxy) is 7. The number of hydrogen-bond donors (Lipinski definition) is 0. The summed E-state index contributed by atoms with van der Waals surface area (Å²) in [7, 11) is 6.36. The molecule has 0 saturated carbocycles. The summed E-state index contributed by atoms with van der Waals surface area (Å²) >= 11 is 3.43. The van der Waals surface area contributed by atoms with Crippen molar-refractivity contribution in [2.45, 2.75) is 83.3 Å². The Morgan fingerprint density at radius 1 is 0.756 bits per heavy atom. The zero-order chi connectivity index (χ0) is 29.6. The summed E-state index contributed by atoms with van der Waals surface area (Å²) in [4.78, 5) is 12.7. The second-order valence-electron chi connectivity index (χ2n) is 10.1. The van der Waals surface area contributed by atoms with Crippen LogP contribution in [0.15, 0.2) is 24.3 Å². The zero-order valence-corrected chi connectivity index (χ0v) is 26.7. The molecular formula is C32H45BrO8. The lowest BCUT2D eigenvalue weighted by atomic mass is 10.0. The number of halogens is 1. The average Bonchev–Trinajstić information content (AvgIpc) is 3.49. The molecule has 8 nitrogen and oxygen atoms in total. The Bertz CT molecular complexity index is 1080. The number of carbonyl (C=O) groups is 1. The van der Waals surface area contributed by atoms with Crippen molar-refractivity contribution in [3.05, 3.63) is 35.4 Å². The van der Waals surface area contributed by atoms with Gasteiger partial charge in [-0.2, -0.15) is 0 Å². The topological polar surface area (TPSA) is 81.7 Å². The van der Waals surface area contributed by atoms with Gasteiger partial charge >= 0.3 is 5.97 Å². The fraction of sp³-hybridized carbons (Fsp3) is 0.594. The van der Waals surface area contributed by atoms with E-state index in [0.717, 1.165) is 74.2 Å². The molecule has 2 aromatic rings. The van der Waals surface area contributed by atoms with Crippen molar-refractivity contribution in [3.8, 4) is 34.5 Å². The second kappa shape index (κ2) is 17.3. The van der Waals surface area contributed by atoms with Crippen molar-refractivity contribution < 1.29 is 38.0 Å². The van der Waals surface area contributed by atoms with Crippen molar-refractivity contribution in [3.63, 3.8) is 0 Å². The van der Waals surface area contributed by atoms with E-state index in [-0.39, 0.29) is 18.2 Å². The molecule has 2 atom stereocenters. The summed E-state index contributed by atoms with van der Waals surface area (Å²) in [5.41, 5.74) is 1.82. The molecule has 1 fully saturated rings. The third kappa shape index (κ3) is 9.17. The monoisotopic (exact) mass is 636 g/mol. The van der Waals surface area contributed by atoms with Crippen LogP contribution in [0, 0.1) is 0 Å². The van der Waals surface area contributed by atoms with Gasteiger partial charge in [-0.25, -0.2) is 0 Å². The number of carbonyl (C=O) groups excluding carboxylic acids is 1. The lowest BCUT2D eigenvalue weighted by molar-refractivity contribution is -0.134. The highest BCUT2D eigenvalue weighted by Gasteiger charge is 2.31. The van der Waals surface area contributed by atoms with Crippen LogP contribution in [0.5, 0.6) is 34.5 Å². The molecular weight excluding hydrogens is 592 g/mol. The van der Waals surface area contributed by atoms with E-state index in [4.69, 9.17) is 33.2 Å². The summed E-state index contributed by atoms with van der Waals surface area (Å²) < 4.78 is 40.8. The third-order valence-corrected chi connectivity index (χ3v) is 7.75. The van der Waals surface area contributed by atoms with Gasteiger partial charge in [0.25, 0.3) is 0 Å². The van der Waals surface area contributed by atoms with Crippen molar-refractivity contribution in [1.82, 2.24) is 0 Å². The molecule has 41 heavy (non-hydrogen) atoms. The molecule has 228 valence electrons. The molecule has 1 saturated heterocycles. The van der Waals surface area contributed by atoms with E-state index in [1.807, 2.05) is 24.3 Å². The number of hydrogen-bond acceptors (Lipinski definition) is 8. The van der Waals surface area contributed by atoms with E-state index in [2.05, 4.69) is 22.9 Å². The quantitative estimate of drug-likeness (QED) is 0.0702. The summed E-state index contributed by atoms with van der Waals surface area (Å²) in [6.07, 6.45) is 8.64. The Hall–Kier alpha value is -2.65. The Morgan fingerprint density at radius 2 is 1.32 bits per heavy atom. The van der Waals surface area contributed by atoms with E-state index < -0.39 is 0 Å². The van der Waals surface area contributed by atoms with Crippen molar-refractivity contribution in [2.24, 2.45) is 0 Å². The van der Waals surface area contributed by atoms with Gasteiger partial charge in [-0.15, -0.1) is 0 Å². The largest absolute Gasteiger partial charge is 0.493 e. The van der Waals surface area contributed by atoms with Crippen molar-refractivity contribution in [1.29, 1.82) is 0 Å². The molecule has 0 aromatic heterocycles. The molecule has 3 rings (SSSR count). The van der Waals surface area contributed by atoms with Gasteiger partial charge in [-0.3, -0.25) is 4.79 Å². The van der Waals surface area contributed by atoms with Gasteiger partial charge in [0.1, 0.15) is 0 Å². The maximum absolute atomic E-state index is 12.7. The first-order chi connectivity index (χ1) is 20.0. The molecule has 0 radical (unpaired) electrons. The van der Waals surface area contributed by atoms with Crippen molar-refractivity contribution >= 4 is 21.9 Å². The molecule has 1 heterocycles. The fourth-order valence-electron chi connectivity index (χ4n) is 5.01. The molecule has 0 unspecified atom stereocenters. The molecule has 0 spiro atoms. The summed E-state index contributed by atoms with van der Waals surface area (Å²) in [6, 6.07) is 7.65. The standard InChI is InChI=1S/C32H45BrO8/c1-6-7-8-12-17-39-28-20-23(21-29(32(28)38-5)41-30(34)13-10-9-11-16-33)25-15-14-24(40-25)22-18-26(35-2)31(37-4)27(19-22)36-3/h18-21,24-25H,6-17H2,1-5H3/t24-,25-/m1/s1. The minimum absolute atomic E-state index is 0.172. The normalized spacial score (nSPS) is 16.3. The van der Waals surface area contributed by atoms with Crippen LogP contribution in [-0.4, -0.2) is 46.3 Å². The Labute approximate surface area is 253 Å². The maximum Gasteiger partial charge on any atom is 0.311 e. The molecule has 2 aromatic carbocycles. The predicted octanol–water partition coefficient (Wildman–Crippen LogP) is 8.13. The van der Waals surface area contributed by atoms with E-state index in [1.165, 1.54) is 0 Å². The fourth-order valence-corrected chi connectivity index (χ4v) is 5.40. The molecule has 0 aliphatic carbocycles. The van der Waals surface area contributed by atoms with Gasteiger partial charge in [0.15, 0.2) is 23.0 Å². The molecule has 1 aliphatic heterocycles. The van der Waals surface area contributed by atoms with E-state index in [0.29, 0.717) is 47.5 Å². The number of unbranched alkanes of at least 4 members (excludes halogenated alkanes) is 5. The number of benzene rings is 2. The highest BCUT2D eigenvalue weighted by Crippen LogP contribution is 2.48. The number of alkyl halides is 1. The highest BCUT2D eigenvalue weighted by molar-refractivity contribution is 9.09. The van der Waals surface area contributed by atoms with E-state index in [9.17, 15) is 4.79 Å². The summed E-state index contributed by atoms with van der Waals surface area (Å²) in [6.45, 7) is 2.74. The summed E-state index contributed by atoms with van der Waals surface area (Å²) in [5, 5.41) is 0.926. The Morgan fingerprint density at radius 3 is 1.88 bits per heavy atom. The average molecular weight is 638 g/mol. The van der Waals surface area contributed by atoms with Gasteiger partial charge in [0.05, 0.1) is 47.3 Å². The smallest absolute Gasteiger partial charge is 0.311 e. The Kier molecular flexibility index (Phi) is 13.9. The lowest BCUT2D eigenvalue weighted by Gasteiger charge is -2.20. The van der Waals surface area contributed by atoms with Crippen LogP contribution in [0.2, 0.25) is 0 Å². The molecule has 1 aliphatic rings. The first kappa shape index (κ1) is 32.9. The summed E-state index contributed by atoms with van der Waals surface area (Å²) in [5.74, 6) is 2.78. The number of rotatable bonds is 18.